The Morgan fingerprint density at radius 3 is 2.95 bits per heavy atom. The fourth-order valence-corrected chi connectivity index (χ4v) is 1.91. The molecular weight excluding hydrogens is 244 g/mol. The van der Waals surface area contributed by atoms with Crippen LogP contribution in [0, 0.1) is 0 Å². The molecule has 100 valence electrons. The Hall–Kier alpha value is -2.30. The van der Waals surface area contributed by atoms with Crippen molar-refractivity contribution in [2.75, 3.05) is 13.7 Å². The summed E-state index contributed by atoms with van der Waals surface area (Å²) in [7, 11) is 1.57. The number of hydrogen-bond acceptors (Lipinski definition) is 5. The summed E-state index contributed by atoms with van der Waals surface area (Å²) in [6, 6.07) is 5.51. The molecule has 0 amide bonds. The molecule has 1 aliphatic rings. The summed E-state index contributed by atoms with van der Waals surface area (Å²) in [4.78, 5) is 16.1. The molecule has 5 heteroatoms. The van der Waals surface area contributed by atoms with Crippen molar-refractivity contribution in [1.29, 1.82) is 0 Å². The predicted molar refractivity (Wildman–Crippen MR) is 73.5 cm³/mol. The summed E-state index contributed by atoms with van der Waals surface area (Å²) in [6.45, 7) is 2.10. The molecule has 1 aliphatic heterocycles. The van der Waals surface area contributed by atoms with Crippen LogP contribution in [0.2, 0.25) is 0 Å². The second-order valence-electron chi connectivity index (χ2n) is 4.07. The summed E-state index contributed by atoms with van der Waals surface area (Å²) in [6.07, 6.45) is 2.02. The third-order valence-corrected chi connectivity index (χ3v) is 2.74. The van der Waals surface area contributed by atoms with Gasteiger partial charge in [0.15, 0.2) is 0 Å². The molecule has 1 aromatic carbocycles. The minimum atomic E-state index is -0.365. The number of nitrogens with two attached hydrogens (primary N) is 1. The van der Waals surface area contributed by atoms with Gasteiger partial charge in [-0.05, 0) is 19.1 Å². The van der Waals surface area contributed by atoms with E-state index in [-0.39, 0.29) is 12.4 Å². The van der Waals surface area contributed by atoms with Crippen LogP contribution in [0.5, 0.6) is 5.75 Å². The van der Waals surface area contributed by atoms with Crippen molar-refractivity contribution in [3.63, 3.8) is 0 Å². The summed E-state index contributed by atoms with van der Waals surface area (Å²) in [5, 5.41) is 0. The standard InChI is InChI=1S/C14H16N2O3/c1-3-19-14(17)10-7-9-5-4-6-11(18-2)13(9)16-12(15)8-10/h4-7H,3,8H2,1-2H3,(H2,15,16). The number of hydrogen-bond donors (Lipinski definition) is 1. The lowest BCUT2D eigenvalue weighted by Gasteiger charge is -2.06. The zero-order chi connectivity index (χ0) is 13.8. The number of carbonyl (C=O) groups excluding carboxylic acids is 1. The van der Waals surface area contributed by atoms with E-state index in [1.807, 2.05) is 12.1 Å². The van der Waals surface area contributed by atoms with Gasteiger partial charge in [-0.25, -0.2) is 9.79 Å². The number of amidine groups is 1. The van der Waals surface area contributed by atoms with Crippen LogP contribution in [0.3, 0.4) is 0 Å². The molecule has 0 aromatic heterocycles. The van der Waals surface area contributed by atoms with E-state index in [2.05, 4.69) is 4.99 Å². The molecule has 1 heterocycles. The molecule has 0 saturated heterocycles. The average Bonchev–Trinajstić information content (AvgIpc) is 2.56. The van der Waals surface area contributed by atoms with E-state index in [4.69, 9.17) is 15.2 Å². The van der Waals surface area contributed by atoms with Gasteiger partial charge in [-0.2, -0.15) is 0 Å². The number of fused-ring (bicyclic) bond motifs is 1. The Labute approximate surface area is 111 Å². The Morgan fingerprint density at radius 1 is 1.47 bits per heavy atom. The van der Waals surface area contributed by atoms with Gasteiger partial charge in [0.2, 0.25) is 0 Å². The van der Waals surface area contributed by atoms with E-state index in [1.165, 1.54) is 0 Å². The molecule has 0 saturated carbocycles. The quantitative estimate of drug-likeness (QED) is 0.844. The molecule has 0 atom stereocenters. The van der Waals surface area contributed by atoms with Crippen LogP contribution in [0.25, 0.3) is 6.08 Å². The normalized spacial score (nSPS) is 13.8. The largest absolute Gasteiger partial charge is 0.494 e. The highest BCUT2D eigenvalue weighted by molar-refractivity contribution is 6.03. The number of benzene rings is 1. The first-order chi connectivity index (χ1) is 9.15. The van der Waals surface area contributed by atoms with Crippen molar-refractivity contribution in [2.45, 2.75) is 13.3 Å². The SMILES string of the molecule is CCOC(=O)C1=Cc2cccc(OC)c2N=C(N)C1. The summed E-state index contributed by atoms with van der Waals surface area (Å²) in [5.74, 6) is 0.626. The van der Waals surface area contributed by atoms with Crippen LogP contribution in [0.15, 0.2) is 28.8 Å². The number of para-hydroxylation sites is 1. The van der Waals surface area contributed by atoms with Gasteiger partial charge in [-0.3, -0.25) is 0 Å². The van der Waals surface area contributed by atoms with Gasteiger partial charge >= 0.3 is 5.97 Å². The zero-order valence-corrected chi connectivity index (χ0v) is 11.0. The van der Waals surface area contributed by atoms with E-state index in [9.17, 15) is 4.79 Å². The van der Waals surface area contributed by atoms with E-state index in [0.717, 1.165) is 5.56 Å². The number of carbonyl (C=O) groups is 1. The molecule has 0 fully saturated rings. The van der Waals surface area contributed by atoms with Gasteiger partial charge in [-0.1, -0.05) is 12.1 Å². The number of esters is 1. The molecule has 0 bridgehead atoms. The lowest BCUT2D eigenvalue weighted by molar-refractivity contribution is -0.138. The Balaban J connectivity index is 2.50. The lowest BCUT2D eigenvalue weighted by Crippen LogP contribution is -2.16. The molecule has 2 rings (SSSR count). The molecular formula is C14H16N2O3. The molecule has 2 N–H and O–H groups in total. The third kappa shape index (κ3) is 2.76. The Bertz CT molecular complexity index is 562. The molecule has 19 heavy (non-hydrogen) atoms. The zero-order valence-electron chi connectivity index (χ0n) is 11.0. The molecule has 0 radical (unpaired) electrons. The number of methoxy groups -OCH3 is 1. The highest BCUT2D eigenvalue weighted by Crippen LogP contribution is 2.35. The van der Waals surface area contributed by atoms with Crippen molar-refractivity contribution >= 4 is 23.6 Å². The monoisotopic (exact) mass is 260 g/mol. The maximum Gasteiger partial charge on any atom is 0.334 e. The van der Waals surface area contributed by atoms with Gasteiger partial charge in [0, 0.05) is 17.6 Å². The topological polar surface area (TPSA) is 73.9 Å². The van der Waals surface area contributed by atoms with E-state index < -0.39 is 0 Å². The molecule has 5 nitrogen and oxygen atoms in total. The van der Waals surface area contributed by atoms with Crippen molar-refractivity contribution < 1.29 is 14.3 Å². The lowest BCUT2D eigenvalue weighted by atomic mass is 10.1. The van der Waals surface area contributed by atoms with Gasteiger partial charge in [0.05, 0.1) is 13.7 Å². The van der Waals surface area contributed by atoms with Gasteiger partial charge < -0.3 is 15.2 Å². The highest BCUT2D eigenvalue weighted by Gasteiger charge is 2.18. The summed E-state index contributed by atoms with van der Waals surface area (Å²) >= 11 is 0. The Morgan fingerprint density at radius 2 is 2.26 bits per heavy atom. The van der Waals surface area contributed by atoms with Crippen LogP contribution in [-0.2, 0) is 9.53 Å². The minimum absolute atomic E-state index is 0.274. The maximum absolute atomic E-state index is 11.8. The van der Waals surface area contributed by atoms with Gasteiger partial charge in [-0.15, -0.1) is 0 Å². The van der Waals surface area contributed by atoms with Crippen molar-refractivity contribution in [2.24, 2.45) is 10.7 Å². The number of nitrogens with zero attached hydrogens (tertiary/aromatic N) is 1. The Kier molecular flexibility index (Phi) is 3.85. The first kappa shape index (κ1) is 13.1. The van der Waals surface area contributed by atoms with Crippen LogP contribution in [0.1, 0.15) is 18.9 Å². The minimum Gasteiger partial charge on any atom is -0.494 e. The van der Waals surface area contributed by atoms with E-state index >= 15 is 0 Å². The fraction of sp³-hybridized carbons (Fsp3) is 0.286. The molecule has 0 spiro atoms. The maximum atomic E-state index is 11.8. The molecule has 0 unspecified atom stereocenters. The fourth-order valence-electron chi connectivity index (χ4n) is 1.91. The number of aliphatic imine (C=N–C) groups is 1. The smallest absolute Gasteiger partial charge is 0.334 e. The number of ether oxygens (including phenoxy) is 2. The summed E-state index contributed by atoms with van der Waals surface area (Å²) < 4.78 is 10.3. The van der Waals surface area contributed by atoms with Gasteiger partial charge in [0.1, 0.15) is 17.3 Å². The highest BCUT2D eigenvalue weighted by atomic mass is 16.5. The molecule has 1 aromatic rings. The van der Waals surface area contributed by atoms with Crippen LogP contribution in [-0.4, -0.2) is 25.5 Å². The third-order valence-electron chi connectivity index (χ3n) is 2.74. The average molecular weight is 260 g/mol. The van der Waals surface area contributed by atoms with Gasteiger partial charge in [0.25, 0.3) is 0 Å². The predicted octanol–water partition coefficient (Wildman–Crippen LogP) is 2.03. The van der Waals surface area contributed by atoms with Crippen LogP contribution >= 0.6 is 0 Å². The second-order valence-corrected chi connectivity index (χ2v) is 4.07. The summed E-state index contributed by atoms with van der Waals surface area (Å²) in [5.41, 5.74) is 7.77. The van der Waals surface area contributed by atoms with E-state index in [1.54, 1.807) is 26.2 Å². The molecule has 0 aliphatic carbocycles. The number of rotatable bonds is 3. The van der Waals surface area contributed by atoms with Crippen molar-refractivity contribution in [3.8, 4) is 5.75 Å². The van der Waals surface area contributed by atoms with Crippen molar-refractivity contribution in [1.82, 2.24) is 0 Å². The van der Waals surface area contributed by atoms with Crippen LogP contribution < -0.4 is 10.5 Å². The van der Waals surface area contributed by atoms with Crippen LogP contribution in [0.4, 0.5) is 5.69 Å². The van der Waals surface area contributed by atoms with E-state index in [0.29, 0.717) is 29.5 Å². The first-order valence-corrected chi connectivity index (χ1v) is 6.03. The van der Waals surface area contributed by atoms with Crippen molar-refractivity contribution in [3.05, 3.63) is 29.3 Å². The second kappa shape index (κ2) is 5.56. The first-order valence-electron chi connectivity index (χ1n) is 6.03.